The second-order valence-corrected chi connectivity index (χ2v) is 6.43. The van der Waals surface area contributed by atoms with E-state index in [0.29, 0.717) is 21.3 Å². The minimum absolute atomic E-state index is 0.184. The van der Waals surface area contributed by atoms with Crippen molar-refractivity contribution in [2.24, 2.45) is 0 Å². The molecule has 0 aliphatic rings. The van der Waals surface area contributed by atoms with Gasteiger partial charge in [-0.15, -0.1) is 11.3 Å². The topological polar surface area (TPSA) is 64.6 Å². The number of methoxy groups -OCH3 is 1. The monoisotopic (exact) mass is 353 g/mol. The lowest BCUT2D eigenvalue weighted by molar-refractivity contribution is -0.118. The molecule has 0 radical (unpaired) electrons. The third-order valence-electron chi connectivity index (χ3n) is 3.19. The lowest BCUT2D eigenvalue weighted by Crippen LogP contribution is -2.21. The van der Waals surface area contributed by atoms with E-state index < -0.39 is 5.97 Å². The third kappa shape index (κ3) is 4.24. The van der Waals surface area contributed by atoms with Crippen molar-refractivity contribution in [3.63, 3.8) is 0 Å². The summed E-state index contributed by atoms with van der Waals surface area (Å²) >= 11 is 7.18. The third-order valence-corrected chi connectivity index (χ3v) is 4.55. The van der Waals surface area contributed by atoms with E-state index in [2.05, 4.69) is 5.32 Å². The summed E-state index contributed by atoms with van der Waals surface area (Å²) in [6, 6.07) is 6.78. The lowest BCUT2D eigenvalue weighted by Gasteiger charge is -2.08. The van der Waals surface area contributed by atoms with Gasteiger partial charge in [-0.2, -0.15) is 0 Å². The maximum Gasteiger partial charge on any atom is 0.341 e. The van der Waals surface area contributed by atoms with Crippen LogP contribution in [0.4, 0.5) is 5.00 Å². The molecule has 0 aliphatic heterocycles. The Balaban J connectivity index is 2.06. The zero-order valence-electron chi connectivity index (χ0n) is 12.9. The molecule has 0 atom stereocenters. The summed E-state index contributed by atoms with van der Waals surface area (Å²) < 4.78 is 10.1. The van der Waals surface area contributed by atoms with Crippen LogP contribution in [0.1, 0.15) is 20.8 Å². The number of carbonyl (C=O) groups is 2. The number of amides is 1. The number of anilines is 1. The van der Waals surface area contributed by atoms with Gasteiger partial charge in [0.25, 0.3) is 5.91 Å². The SMILES string of the molecule is COC(=O)c1c(NC(=O)COc2cccc(Cl)c2)sc(C)c1C. The lowest BCUT2D eigenvalue weighted by atomic mass is 10.1. The minimum Gasteiger partial charge on any atom is -0.484 e. The van der Waals surface area contributed by atoms with E-state index >= 15 is 0 Å². The van der Waals surface area contributed by atoms with Crippen LogP contribution in [-0.2, 0) is 9.53 Å². The normalized spacial score (nSPS) is 10.3. The molecule has 0 aliphatic carbocycles. The smallest absolute Gasteiger partial charge is 0.341 e. The van der Waals surface area contributed by atoms with Gasteiger partial charge in [-0.1, -0.05) is 17.7 Å². The standard InChI is InChI=1S/C16H16ClNO4S/c1-9-10(2)23-15(14(9)16(20)21-3)18-13(19)8-22-12-6-4-5-11(17)7-12/h4-7H,8H2,1-3H3,(H,18,19). The highest BCUT2D eigenvalue weighted by Gasteiger charge is 2.21. The summed E-state index contributed by atoms with van der Waals surface area (Å²) in [6.45, 7) is 3.51. The number of hydrogen-bond acceptors (Lipinski definition) is 5. The van der Waals surface area contributed by atoms with Crippen LogP contribution in [0.25, 0.3) is 0 Å². The molecule has 0 fully saturated rings. The Morgan fingerprint density at radius 3 is 2.70 bits per heavy atom. The van der Waals surface area contributed by atoms with Crippen molar-refractivity contribution in [3.8, 4) is 5.75 Å². The molecule has 2 rings (SSSR count). The largest absolute Gasteiger partial charge is 0.484 e. The van der Waals surface area contributed by atoms with E-state index in [1.54, 1.807) is 24.3 Å². The zero-order valence-corrected chi connectivity index (χ0v) is 14.5. The molecule has 1 aromatic carbocycles. The van der Waals surface area contributed by atoms with Crippen molar-refractivity contribution in [2.75, 3.05) is 19.0 Å². The van der Waals surface area contributed by atoms with Crippen LogP contribution >= 0.6 is 22.9 Å². The highest BCUT2D eigenvalue weighted by Crippen LogP contribution is 2.32. The van der Waals surface area contributed by atoms with Crippen LogP contribution in [0, 0.1) is 13.8 Å². The van der Waals surface area contributed by atoms with Gasteiger partial charge in [0.05, 0.1) is 12.7 Å². The van der Waals surface area contributed by atoms with Gasteiger partial charge in [0.15, 0.2) is 6.61 Å². The molecule has 1 amide bonds. The van der Waals surface area contributed by atoms with Gasteiger partial charge >= 0.3 is 5.97 Å². The van der Waals surface area contributed by atoms with Crippen molar-refractivity contribution < 1.29 is 19.1 Å². The highest BCUT2D eigenvalue weighted by molar-refractivity contribution is 7.16. The summed E-state index contributed by atoms with van der Waals surface area (Å²) in [5.41, 5.74) is 1.18. The van der Waals surface area contributed by atoms with Gasteiger partial charge in [0.1, 0.15) is 10.8 Å². The van der Waals surface area contributed by atoms with Crippen LogP contribution in [-0.4, -0.2) is 25.6 Å². The molecule has 0 spiro atoms. The second kappa shape index (κ2) is 7.48. The molecule has 23 heavy (non-hydrogen) atoms. The van der Waals surface area contributed by atoms with Crippen molar-refractivity contribution >= 4 is 39.8 Å². The molecule has 0 bridgehead atoms. The Labute approximate surface area is 143 Å². The fraction of sp³-hybridized carbons (Fsp3) is 0.250. The zero-order chi connectivity index (χ0) is 17.0. The van der Waals surface area contributed by atoms with E-state index in [9.17, 15) is 9.59 Å². The maximum absolute atomic E-state index is 12.0. The number of hydrogen-bond donors (Lipinski definition) is 1. The molecular weight excluding hydrogens is 338 g/mol. The minimum atomic E-state index is -0.474. The summed E-state index contributed by atoms with van der Waals surface area (Å²) in [7, 11) is 1.31. The number of nitrogens with one attached hydrogen (secondary N) is 1. The molecular formula is C16H16ClNO4S. The Bertz CT molecular complexity index is 742. The number of aryl methyl sites for hydroxylation is 1. The number of halogens is 1. The summed E-state index contributed by atoms with van der Waals surface area (Å²) in [6.07, 6.45) is 0. The molecule has 0 unspecified atom stereocenters. The van der Waals surface area contributed by atoms with Gasteiger partial charge in [-0.25, -0.2) is 4.79 Å². The quantitative estimate of drug-likeness (QED) is 0.830. The van der Waals surface area contributed by atoms with Crippen LogP contribution in [0.5, 0.6) is 5.75 Å². The van der Waals surface area contributed by atoms with Crippen molar-refractivity contribution in [2.45, 2.75) is 13.8 Å². The van der Waals surface area contributed by atoms with Gasteiger partial charge in [0.2, 0.25) is 0 Å². The van der Waals surface area contributed by atoms with Gasteiger partial charge in [-0.3, -0.25) is 4.79 Å². The van der Waals surface area contributed by atoms with Gasteiger partial charge in [-0.05, 0) is 37.6 Å². The van der Waals surface area contributed by atoms with E-state index in [0.717, 1.165) is 10.4 Å². The van der Waals surface area contributed by atoms with Crippen LogP contribution in [0.3, 0.4) is 0 Å². The Kier molecular flexibility index (Phi) is 5.63. The van der Waals surface area contributed by atoms with E-state index in [1.165, 1.54) is 18.4 Å². The number of ether oxygens (including phenoxy) is 2. The molecule has 122 valence electrons. The second-order valence-electron chi connectivity index (χ2n) is 4.77. The van der Waals surface area contributed by atoms with Gasteiger partial charge in [0, 0.05) is 9.90 Å². The fourth-order valence-corrected chi connectivity index (χ4v) is 3.18. The number of rotatable bonds is 5. The summed E-state index contributed by atoms with van der Waals surface area (Å²) in [5.74, 6) is -0.339. The fourth-order valence-electron chi connectivity index (χ4n) is 1.93. The predicted octanol–water partition coefficient (Wildman–Crippen LogP) is 3.82. The molecule has 1 aromatic heterocycles. The molecule has 2 aromatic rings. The number of carbonyl (C=O) groups excluding carboxylic acids is 2. The van der Waals surface area contributed by atoms with Crippen molar-refractivity contribution in [3.05, 3.63) is 45.3 Å². The molecule has 1 N–H and O–H groups in total. The highest BCUT2D eigenvalue weighted by atomic mass is 35.5. The number of benzene rings is 1. The van der Waals surface area contributed by atoms with Crippen LogP contribution in [0.2, 0.25) is 5.02 Å². The first-order valence-corrected chi connectivity index (χ1v) is 7.98. The van der Waals surface area contributed by atoms with Crippen molar-refractivity contribution in [1.82, 2.24) is 0 Å². The summed E-state index contributed by atoms with van der Waals surface area (Å²) in [4.78, 5) is 24.8. The molecule has 7 heteroatoms. The summed E-state index contributed by atoms with van der Waals surface area (Å²) in [5, 5.41) is 3.69. The maximum atomic E-state index is 12.0. The van der Waals surface area contributed by atoms with Gasteiger partial charge < -0.3 is 14.8 Å². The first-order chi connectivity index (χ1) is 10.9. The molecule has 5 nitrogen and oxygen atoms in total. The average Bonchev–Trinajstić information content (AvgIpc) is 2.79. The van der Waals surface area contributed by atoms with E-state index in [1.807, 2.05) is 13.8 Å². The van der Waals surface area contributed by atoms with Crippen LogP contribution in [0.15, 0.2) is 24.3 Å². The number of thiophene rings is 1. The number of esters is 1. The molecule has 1 heterocycles. The van der Waals surface area contributed by atoms with Crippen LogP contribution < -0.4 is 10.1 Å². The Morgan fingerprint density at radius 1 is 1.30 bits per heavy atom. The first-order valence-electron chi connectivity index (χ1n) is 6.79. The van der Waals surface area contributed by atoms with E-state index in [4.69, 9.17) is 21.1 Å². The first kappa shape index (κ1) is 17.3. The van der Waals surface area contributed by atoms with E-state index in [-0.39, 0.29) is 12.5 Å². The predicted molar refractivity (Wildman–Crippen MR) is 90.7 cm³/mol. The molecule has 0 saturated heterocycles. The Morgan fingerprint density at radius 2 is 2.04 bits per heavy atom. The average molecular weight is 354 g/mol. The Hall–Kier alpha value is -2.05. The molecule has 0 saturated carbocycles. The van der Waals surface area contributed by atoms with Crippen molar-refractivity contribution in [1.29, 1.82) is 0 Å².